The van der Waals surface area contributed by atoms with E-state index in [1.54, 1.807) is 11.3 Å². The quantitative estimate of drug-likeness (QED) is 0.889. The van der Waals surface area contributed by atoms with Crippen LogP contribution in [0.4, 0.5) is 5.69 Å². The van der Waals surface area contributed by atoms with E-state index in [4.69, 9.17) is 5.73 Å². The summed E-state index contributed by atoms with van der Waals surface area (Å²) in [6.45, 7) is 1.57. The largest absolute Gasteiger partial charge is 0.364 e. The van der Waals surface area contributed by atoms with Gasteiger partial charge in [0.25, 0.3) is 0 Å². The number of benzene rings is 1. The fourth-order valence-electron chi connectivity index (χ4n) is 2.37. The monoisotopic (exact) mass is 336 g/mol. The number of nitrogens with zero attached hydrogens (tertiary/aromatic N) is 1. The molecule has 0 amide bonds. The molecular weight excluding hydrogens is 320 g/mol. The van der Waals surface area contributed by atoms with Gasteiger partial charge in [-0.2, -0.15) is 11.3 Å². The molecule has 0 radical (unpaired) electrons. The normalized spacial score (nSPS) is 14.6. The number of halogens is 1. The second-order valence-corrected chi connectivity index (χ2v) is 6.66. The number of anilines is 1. The smallest absolute Gasteiger partial charge is 0.0440 e. The van der Waals surface area contributed by atoms with E-state index in [2.05, 4.69) is 55.9 Å². The molecule has 1 heterocycles. The lowest BCUT2D eigenvalue weighted by molar-refractivity contribution is 0.788. The van der Waals surface area contributed by atoms with Crippen molar-refractivity contribution in [3.63, 3.8) is 0 Å². The van der Waals surface area contributed by atoms with Crippen LogP contribution in [0, 0.1) is 0 Å². The summed E-state index contributed by atoms with van der Waals surface area (Å²) in [5, 5.41) is 4.38. The lowest BCUT2D eigenvalue weighted by atomic mass is 10.1. The molecule has 2 nitrogen and oxygen atoms in total. The summed E-state index contributed by atoms with van der Waals surface area (Å²) >= 11 is 5.29. The maximum Gasteiger partial charge on any atom is 0.0440 e. The molecule has 1 aromatic carbocycles. The Morgan fingerprint density at radius 1 is 1.32 bits per heavy atom. The Balaban J connectivity index is 1.91. The van der Waals surface area contributed by atoms with Crippen LogP contribution in [0.3, 0.4) is 0 Å². The van der Waals surface area contributed by atoms with Gasteiger partial charge in [0.2, 0.25) is 0 Å². The van der Waals surface area contributed by atoms with E-state index in [-0.39, 0.29) is 0 Å². The Morgan fingerprint density at radius 2 is 2.16 bits per heavy atom. The predicted octanol–water partition coefficient (Wildman–Crippen LogP) is 4.14. The maximum absolute atomic E-state index is 5.91. The van der Waals surface area contributed by atoms with Crippen molar-refractivity contribution in [2.45, 2.75) is 32.0 Å². The summed E-state index contributed by atoms with van der Waals surface area (Å²) in [4.78, 5) is 2.51. The third-order valence-corrected chi connectivity index (χ3v) is 4.72. The zero-order valence-corrected chi connectivity index (χ0v) is 13.1. The first-order valence-corrected chi connectivity index (χ1v) is 8.27. The van der Waals surface area contributed by atoms with Crippen LogP contribution in [0.1, 0.15) is 24.0 Å². The van der Waals surface area contributed by atoms with Gasteiger partial charge < -0.3 is 10.6 Å². The van der Waals surface area contributed by atoms with Gasteiger partial charge in [-0.25, -0.2) is 0 Å². The Bertz CT molecular complexity index is 549. The lowest BCUT2D eigenvalue weighted by Crippen LogP contribution is -2.26. The zero-order valence-electron chi connectivity index (χ0n) is 10.7. The first kappa shape index (κ1) is 13.2. The molecule has 2 N–H and O–H groups in total. The van der Waals surface area contributed by atoms with Gasteiger partial charge in [0.05, 0.1) is 0 Å². The van der Waals surface area contributed by atoms with Gasteiger partial charge in [-0.1, -0.05) is 15.9 Å². The highest BCUT2D eigenvalue weighted by Gasteiger charge is 2.30. The number of rotatable bonds is 5. The summed E-state index contributed by atoms with van der Waals surface area (Å²) < 4.78 is 1.10. The summed E-state index contributed by atoms with van der Waals surface area (Å²) in [7, 11) is 0. The number of thiophene rings is 1. The topological polar surface area (TPSA) is 29.3 Å². The Hall–Kier alpha value is -0.840. The van der Waals surface area contributed by atoms with Gasteiger partial charge in [-0.3, -0.25) is 0 Å². The minimum Gasteiger partial charge on any atom is -0.364 e. The molecule has 1 saturated carbocycles. The van der Waals surface area contributed by atoms with Crippen molar-refractivity contribution in [1.29, 1.82) is 0 Å². The maximum atomic E-state index is 5.91. The Kier molecular flexibility index (Phi) is 3.91. The van der Waals surface area contributed by atoms with E-state index in [1.807, 2.05) is 0 Å². The highest BCUT2D eigenvalue weighted by atomic mass is 79.9. The van der Waals surface area contributed by atoms with Crippen molar-refractivity contribution in [2.24, 2.45) is 5.73 Å². The van der Waals surface area contributed by atoms with E-state index in [0.717, 1.165) is 11.0 Å². The van der Waals surface area contributed by atoms with Crippen molar-refractivity contribution in [3.05, 3.63) is 50.6 Å². The summed E-state index contributed by atoms with van der Waals surface area (Å²) in [6, 6.07) is 9.33. The highest BCUT2D eigenvalue weighted by molar-refractivity contribution is 9.10. The van der Waals surface area contributed by atoms with E-state index >= 15 is 0 Å². The second kappa shape index (κ2) is 5.65. The van der Waals surface area contributed by atoms with Gasteiger partial charge >= 0.3 is 0 Å². The SMILES string of the molecule is NCc1cc(Br)ccc1N(Cc1ccsc1)C1CC1. The van der Waals surface area contributed by atoms with Crippen LogP contribution in [0.25, 0.3) is 0 Å². The molecule has 2 aromatic rings. The fraction of sp³-hybridized carbons (Fsp3) is 0.333. The van der Waals surface area contributed by atoms with Crippen LogP contribution < -0.4 is 10.6 Å². The molecule has 3 rings (SSSR count). The molecule has 1 aromatic heterocycles. The molecule has 19 heavy (non-hydrogen) atoms. The number of nitrogens with two attached hydrogens (primary N) is 1. The van der Waals surface area contributed by atoms with Crippen LogP contribution in [0.2, 0.25) is 0 Å². The van der Waals surface area contributed by atoms with Crippen LogP contribution in [-0.2, 0) is 13.1 Å². The van der Waals surface area contributed by atoms with Gasteiger partial charge in [0.1, 0.15) is 0 Å². The van der Waals surface area contributed by atoms with E-state index in [0.29, 0.717) is 12.6 Å². The molecule has 1 fully saturated rings. The number of hydrogen-bond acceptors (Lipinski definition) is 3. The molecule has 1 aliphatic carbocycles. The van der Waals surface area contributed by atoms with Gasteiger partial charge in [0.15, 0.2) is 0 Å². The molecule has 0 spiro atoms. The fourth-order valence-corrected chi connectivity index (χ4v) is 3.44. The highest BCUT2D eigenvalue weighted by Crippen LogP contribution is 2.36. The third-order valence-electron chi connectivity index (χ3n) is 3.49. The lowest BCUT2D eigenvalue weighted by Gasteiger charge is -2.27. The summed E-state index contributed by atoms with van der Waals surface area (Å²) in [5.74, 6) is 0. The van der Waals surface area contributed by atoms with Gasteiger partial charge in [-0.05, 0) is 59.0 Å². The van der Waals surface area contributed by atoms with Crippen LogP contribution in [-0.4, -0.2) is 6.04 Å². The van der Waals surface area contributed by atoms with Gasteiger partial charge in [-0.15, -0.1) is 0 Å². The molecule has 100 valence electrons. The molecule has 0 aliphatic heterocycles. The molecule has 0 atom stereocenters. The number of hydrogen-bond donors (Lipinski definition) is 1. The zero-order chi connectivity index (χ0) is 13.2. The first-order chi connectivity index (χ1) is 9.28. The molecule has 0 saturated heterocycles. The molecule has 0 unspecified atom stereocenters. The Morgan fingerprint density at radius 3 is 2.79 bits per heavy atom. The van der Waals surface area contributed by atoms with E-state index < -0.39 is 0 Å². The first-order valence-electron chi connectivity index (χ1n) is 6.54. The minimum atomic E-state index is 0.585. The van der Waals surface area contributed by atoms with Crippen LogP contribution in [0.5, 0.6) is 0 Å². The van der Waals surface area contributed by atoms with Crippen molar-refractivity contribution in [3.8, 4) is 0 Å². The molecule has 4 heteroatoms. The standard InChI is InChI=1S/C15H17BrN2S/c16-13-1-4-15(12(7-13)8-17)18(14-2-3-14)9-11-5-6-19-10-11/h1,4-7,10,14H,2-3,8-9,17H2. The van der Waals surface area contributed by atoms with Crippen molar-refractivity contribution in [2.75, 3.05) is 4.90 Å². The molecule has 1 aliphatic rings. The van der Waals surface area contributed by atoms with Crippen molar-refractivity contribution < 1.29 is 0 Å². The Labute approximate surface area is 126 Å². The second-order valence-electron chi connectivity index (χ2n) is 4.97. The van der Waals surface area contributed by atoms with Crippen molar-refractivity contribution >= 4 is 33.0 Å². The third kappa shape index (κ3) is 3.02. The molecular formula is C15H17BrN2S. The predicted molar refractivity (Wildman–Crippen MR) is 85.6 cm³/mol. The summed E-state index contributed by atoms with van der Waals surface area (Å²) in [5.41, 5.74) is 9.81. The van der Waals surface area contributed by atoms with E-state index in [1.165, 1.54) is 29.7 Å². The van der Waals surface area contributed by atoms with Crippen LogP contribution in [0.15, 0.2) is 39.5 Å². The van der Waals surface area contributed by atoms with E-state index in [9.17, 15) is 0 Å². The average Bonchev–Trinajstić information content (AvgIpc) is 3.13. The van der Waals surface area contributed by atoms with Gasteiger partial charge in [0, 0.05) is 29.3 Å². The van der Waals surface area contributed by atoms with Crippen molar-refractivity contribution in [1.82, 2.24) is 0 Å². The minimum absolute atomic E-state index is 0.585. The summed E-state index contributed by atoms with van der Waals surface area (Å²) in [6.07, 6.45) is 2.59. The van der Waals surface area contributed by atoms with Crippen LogP contribution >= 0.6 is 27.3 Å². The average molecular weight is 337 g/mol. The molecule has 0 bridgehead atoms.